The number of benzene rings is 1. The zero-order valence-corrected chi connectivity index (χ0v) is 16.3. The van der Waals surface area contributed by atoms with Crippen molar-refractivity contribution in [2.75, 3.05) is 18.9 Å². The first-order valence-corrected chi connectivity index (χ1v) is 10.1. The molecule has 4 rings (SSSR count). The van der Waals surface area contributed by atoms with E-state index >= 15 is 0 Å². The van der Waals surface area contributed by atoms with Gasteiger partial charge in [0.25, 0.3) is 5.56 Å². The van der Waals surface area contributed by atoms with Crippen molar-refractivity contribution in [3.8, 4) is 0 Å². The van der Waals surface area contributed by atoms with Gasteiger partial charge in [-0.2, -0.15) is 0 Å². The number of amides is 2. The van der Waals surface area contributed by atoms with Gasteiger partial charge in [-0.3, -0.25) is 9.36 Å². The van der Waals surface area contributed by atoms with Gasteiger partial charge in [0.1, 0.15) is 0 Å². The lowest BCUT2D eigenvalue weighted by Crippen LogP contribution is -2.47. The largest absolute Gasteiger partial charge is 0.359 e. The molecule has 2 aromatic rings. The van der Waals surface area contributed by atoms with E-state index in [1.54, 1.807) is 16.5 Å². The minimum atomic E-state index is -0.0428. The van der Waals surface area contributed by atoms with E-state index in [-0.39, 0.29) is 17.6 Å². The van der Waals surface area contributed by atoms with Crippen LogP contribution in [0.5, 0.6) is 0 Å². The maximum atomic E-state index is 13.1. The molecule has 1 aliphatic carbocycles. The summed E-state index contributed by atoms with van der Waals surface area (Å²) >= 11 is 0. The number of aromatic nitrogens is 2. The van der Waals surface area contributed by atoms with Crippen molar-refractivity contribution < 1.29 is 4.79 Å². The Kier molecular flexibility index (Phi) is 5.32. The molecule has 0 unspecified atom stereocenters. The third kappa shape index (κ3) is 3.74. The van der Waals surface area contributed by atoms with Crippen molar-refractivity contribution in [2.45, 2.75) is 51.2 Å². The van der Waals surface area contributed by atoms with E-state index in [1.165, 1.54) is 12.8 Å². The highest BCUT2D eigenvalue weighted by atomic mass is 16.2. The molecule has 1 aromatic carbocycles. The average molecular weight is 381 g/mol. The predicted molar refractivity (Wildman–Crippen MR) is 108 cm³/mol. The third-order valence-electron chi connectivity index (χ3n) is 5.70. The van der Waals surface area contributed by atoms with Crippen LogP contribution in [-0.2, 0) is 19.5 Å². The number of fused-ring (bicyclic) bond motifs is 1. The van der Waals surface area contributed by atoms with Gasteiger partial charge in [0.05, 0.1) is 18.8 Å². The summed E-state index contributed by atoms with van der Waals surface area (Å²) in [7, 11) is 1.77. The van der Waals surface area contributed by atoms with Crippen LogP contribution in [0.1, 0.15) is 42.5 Å². The molecule has 0 atom stereocenters. The minimum Gasteiger partial charge on any atom is -0.359 e. The maximum absolute atomic E-state index is 13.1. The van der Waals surface area contributed by atoms with Crippen LogP contribution in [0.4, 0.5) is 10.7 Å². The van der Waals surface area contributed by atoms with Crippen molar-refractivity contribution in [3.63, 3.8) is 0 Å². The number of carbonyl (C=O) groups excluding carboxylic acids is 1. The van der Waals surface area contributed by atoms with Crippen LogP contribution < -0.4 is 16.2 Å². The fourth-order valence-electron chi connectivity index (χ4n) is 4.14. The van der Waals surface area contributed by atoms with E-state index in [0.717, 1.165) is 24.0 Å². The Bertz CT molecular complexity index is 903. The van der Waals surface area contributed by atoms with Gasteiger partial charge in [0.2, 0.25) is 5.95 Å². The van der Waals surface area contributed by atoms with E-state index in [4.69, 9.17) is 0 Å². The summed E-state index contributed by atoms with van der Waals surface area (Å²) in [4.78, 5) is 32.2. The van der Waals surface area contributed by atoms with E-state index < -0.39 is 0 Å². The lowest BCUT2D eigenvalue weighted by atomic mass is 10.1. The highest BCUT2D eigenvalue weighted by Crippen LogP contribution is 2.20. The van der Waals surface area contributed by atoms with E-state index in [2.05, 4.69) is 15.6 Å². The quantitative estimate of drug-likeness (QED) is 0.852. The van der Waals surface area contributed by atoms with E-state index in [0.29, 0.717) is 37.7 Å². The summed E-state index contributed by atoms with van der Waals surface area (Å²) in [6, 6.07) is 10.1. The zero-order chi connectivity index (χ0) is 19.5. The molecule has 0 bridgehead atoms. The molecular weight excluding hydrogens is 354 g/mol. The molecule has 0 spiro atoms. The topological polar surface area (TPSA) is 79.3 Å². The van der Waals surface area contributed by atoms with Gasteiger partial charge >= 0.3 is 6.03 Å². The standard InChI is InChI=1S/C21H27N5O2/c1-22-20-24-18-14-25(21(28)23-16-9-5-6-10-16)12-11-17(18)19(27)26(20)13-15-7-3-2-4-8-15/h2-4,7-8,16H,5-6,9-14H2,1H3,(H,22,24)(H,23,28). The molecule has 0 radical (unpaired) electrons. The Balaban J connectivity index is 1.56. The number of nitrogens with zero attached hydrogens (tertiary/aromatic N) is 3. The second kappa shape index (κ2) is 8.04. The predicted octanol–water partition coefficient (Wildman–Crippen LogP) is 2.34. The van der Waals surface area contributed by atoms with Crippen LogP contribution in [0, 0.1) is 0 Å². The lowest BCUT2D eigenvalue weighted by Gasteiger charge is -2.30. The van der Waals surface area contributed by atoms with Gasteiger partial charge in [-0.1, -0.05) is 43.2 Å². The molecule has 7 nitrogen and oxygen atoms in total. The molecule has 148 valence electrons. The van der Waals surface area contributed by atoms with Gasteiger partial charge in [0.15, 0.2) is 0 Å². The molecule has 1 aliphatic heterocycles. The number of anilines is 1. The summed E-state index contributed by atoms with van der Waals surface area (Å²) in [5.74, 6) is 0.533. The van der Waals surface area contributed by atoms with Crippen molar-refractivity contribution in [3.05, 3.63) is 57.5 Å². The monoisotopic (exact) mass is 381 g/mol. The summed E-state index contributed by atoms with van der Waals surface area (Å²) in [5, 5.41) is 6.17. The van der Waals surface area contributed by atoms with Crippen molar-refractivity contribution in [1.29, 1.82) is 0 Å². The summed E-state index contributed by atoms with van der Waals surface area (Å²) in [6.07, 6.45) is 5.02. The Morgan fingerprint density at radius 2 is 1.96 bits per heavy atom. The second-order valence-corrected chi connectivity index (χ2v) is 7.59. The van der Waals surface area contributed by atoms with Crippen LogP contribution >= 0.6 is 0 Å². The fraction of sp³-hybridized carbons (Fsp3) is 0.476. The molecule has 2 N–H and O–H groups in total. The Morgan fingerprint density at radius 1 is 1.21 bits per heavy atom. The van der Waals surface area contributed by atoms with Crippen LogP contribution in [0.25, 0.3) is 0 Å². The Morgan fingerprint density at radius 3 is 2.68 bits per heavy atom. The first-order valence-electron chi connectivity index (χ1n) is 10.1. The summed E-state index contributed by atoms with van der Waals surface area (Å²) in [6.45, 7) is 1.40. The average Bonchev–Trinajstić information content (AvgIpc) is 3.23. The van der Waals surface area contributed by atoms with Gasteiger partial charge in [-0.25, -0.2) is 9.78 Å². The molecule has 0 saturated heterocycles. The summed E-state index contributed by atoms with van der Waals surface area (Å²) < 4.78 is 1.68. The minimum absolute atomic E-state index is 0.0194. The van der Waals surface area contributed by atoms with Gasteiger partial charge in [0, 0.05) is 25.2 Å². The Hall–Kier alpha value is -2.83. The molecule has 2 heterocycles. The SMILES string of the molecule is CNc1nc2c(c(=O)n1Cc1ccccc1)CCN(C(=O)NC1CCCC1)C2. The molecule has 2 amide bonds. The first-order chi connectivity index (χ1) is 13.7. The van der Waals surface area contributed by atoms with Crippen LogP contribution in [0.15, 0.2) is 35.1 Å². The van der Waals surface area contributed by atoms with Gasteiger partial charge < -0.3 is 15.5 Å². The number of carbonyl (C=O) groups is 1. The van der Waals surface area contributed by atoms with Crippen molar-refractivity contribution >= 4 is 12.0 Å². The van der Waals surface area contributed by atoms with Crippen LogP contribution in [0.2, 0.25) is 0 Å². The van der Waals surface area contributed by atoms with Crippen LogP contribution in [-0.4, -0.2) is 40.1 Å². The van der Waals surface area contributed by atoms with E-state index in [1.807, 2.05) is 30.3 Å². The number of urea groups is 1. The van der Waals surface area contributed by atoms with Gasteiger partial charge in [-0.15, -0.1) is 0 Å². The molecular formula is C21H27N5O2. The van der Waals surface area contributed by atoms with Crippen LogP contribution in [0.3, 0.4) is 0 Å². The normalized spacial score (nSPS) is 16.7. The van der Waals surface area contributed by atoms with E-state index in [9.17, 15) is 9.59 Å². The highest BCUT2D eigenvalue weighted by molar-refractivity contribution is 5.74. The van der Waals surface area contributed by atoms with Crippen molar-refractivity contribution in [2.24, 2.45) is 0 Å². The number of nitrogens with one attached hydrogen (secondary N) is 2. The summed E-state index contributed by atoms with van der Waals surface area (Å²) in [5.41, 5.74) is 2.46. The molecule has 28 heavy (non-hydrogen) atoms. The lowest BCUT2D eigenvalue weighted by molar-refractivity contribution is 0.187. The molecule has 1 aromatic heterocycles. The highest BCUT2D eigenvalue weighted by Gasteiger charge is 2.27. The first kappa shape index (κ1) is 18.5. The second-order valence-electron chi connectivity index (χ2n) is 7.59. The number of rotatable bonds is 4. The third-order valence-corrected chi connectivity index (χ3v) is 5.70. The zero-order valence-electron chi connectivity index (χ0n) is 16.3. The molecule has 1 saturated carbocycles. The maximum Gasteiger partial charge on any atom is 0.317 e. The molecule has 2 aliphatic rings. The van der Waals surface area contributed by atoms with Gasteiger partial charge in [-0.05, 0) is 24.8 Å². The smallest absolute Gasteiger partial charge is 0.317 e. The fourth-order valence-corrected chi connectivity index (χ4v) is 4.14. The number of hydrogen-bond donors (Lipinski definition) is 2. The molecule has 7 heteroatoms. The Labute approximate surface area is 164 Å². The van der Waals surface area contributed by atoms with Crippen molar-refractivity contribution in [1.82, 2.24) is 19.8 Å². The number of hydrogen-bond acceptors (Lipinski definition) is 4. The molecule has 1 fully saturated rings.